The van der Waals surface area contributed by atoms with Crippen molar-refractivity contribution in [1.82, 2.24) is 0 Å². The smallest absolute Gasteiger partial charge is 0.141 e. The van der Waals surface area contributed by atoms with Crippen molar-refractivity contribution in [1.29, 1.82) is 0 Å². The SMILES string of the molecule is CC(C)CC(C)C(O)Cc1ccc(F)c(Cl)c1. The third kappa shape index (κ3) is 4.64. The highest BCUT2D eigenvalue weighted by Gasteiger charge is 2.16. The number of rotatable bonds is 5. The van der Waals surface area contributed by atoms with E-state index in [1.807, 2.05) is 6.92 Å². The van der Waals surface area contributed by atoms with Gasteiger partial charge in [0.25, 0.3) is 0 Å². The molecular weight excluding hydrogens is 239 g/mol. The van der Waals surface area contributed by atoms with E-state index >= 15 is 0 Å². The Balaban J connectivity index is 2.61. The molecule has 3 heteroatoms. The van der Waals surface area contributed by atoms with E-state index in [-0.39, 0.29) is 10.9 Å². The molecule has 1 aromatic carbocycles. The summed E-state index contributed by atoms with van der Waals surface area (Å²) >= 11 is 5.70. The molecular formula is C14H20ClFO. The van der Waals surface area contributed by atoms with E-state index in [2.05, 4.69) is 13.8 Å². The second-order valence-corrected chi connectivity index (χ2v) is 5.53. The number of halogens is 2. The van der Waals surface area contributed by atoms with E-state index in [0.717, 1.165) is 12.0 Å². The fourth-order valence-corrected chi connectivity index (χ4v) is 2.21. The second-order valence-electron chi connectivity index (χ2n) is 5.13. The van der Waals surface area contributed by atoms with Gasteiger partial charge in [0.1, 0.15) is 5.82 Å². The quantitative estimate of drug-likeness (QED) is 0.844. The lowest BCUT2D eigenvalue weighted by Crippen LogP contribution is -2.21. The normalized spacial score (nSPS) is 15.0. The summed E-state index contributed by atoms with van der Waals surface area (Å²) in [6.07, 6.45) is 1.10. The minimum absolute atomic E-state index is 0.117. The van der Waals surface area contributed by atoms with Gasteiger partial charge in [-0.05, 0) is 42.4 Å². The third-order valence-electron chi connectivity index (χ3n) is 2.93. The van der Waals surface area contributed by atoms with Crippen molar-refractivity contribution in [2.45, 2.75) is 39.7 Å². The van der Waals surface area contributed by atoms with E-state index < -0.39 is 11.9 Å². The number of hydrogen-bond acceptors (Lipinski definition) is 1. The molecule has 1 nitrogen and oxygen atoms in total. The first-order valence-corrected chi connectivity index (χ1v) is 6.40. The van der Waals surface area contributed by atoms with Crippen molar-refractivity contribution in [2.24, 2.45) is 11.8 Å². The van der Waals surface area contributed by atoms with Gasteiger partial charge >= 0.3 is 0 Å². The summed E-state index contributed by atoms with van der Waals surface area (Å²) in [5.74, 6) is 0.385. The molecule has 1 N–H and O–H groups in total. The van der Waals surface area contributed by atoms with Crippen LogP contribution in [0.4, 0.5) is 4.39 Å². The summed E-state index contributed by atoms with van der Waals surface area (Å²) in [5, 5.41) is 10.2. The van der Waals surface area contributed by atoms with Crippen molar-refractivity contribution in [2.75, 3.05) is 0 Å². The maximum absolute atomic E-state index is 13.0. The molecule has 0 aliphatic rings. The topological polar surface area (TPSA) is 20.2 Å². The van der Waals surface area contributed by atoms with Crippen molar-refractivity contribution < 1.29 is 9.50 Å². The molecule has 1 rings (SSSR count). The van der Waals surface area contributed by atoms with Crippen molar-refractivity contribution in [3.8, 4) is 0 Å². The number of aliphatic hydroxyl groups is 1. The molecule has 0 aliphatic heterocycles. The van der Waals surface area contributed by atoms with E-state index in [9.17, 15) is 9.50 Å². The molecule has 0 aliphatic carbocycles. The fourth-order valence-electron chi connectivity index (χ4n) is 2.01. The molecule has 96 valence electrons. The van der Waals surface area contributed by atoms with Gasteiger partial charge in [-0.3, -0.25) is 0 Å². The second kappa shape index (κ2) is 6.36. The summed E-state index contributed by atoms with van der Waals surface area (Å²) in [6, 6.07) is 4.60. The van der Waals surface area contributed by atoms with Gasteiger partial charge in [0.15, 0.2) is 0 Å². The van der Waals surface area contributed by atoms with Gasteiger partial charge in [-0.2, -0.15) is 0 Å². The van der Waals surface area contributed by atoms with Crippen LogP contribution in [0.1, 0.15) is 32.8 Å². The van der Waals surface area contributed by atoms with Crippen molar-refractivity contribution in [3.05, 3.63) is 34.6 Å². The standard InChI is InChI=1S/C14H20ClFO/c1-9(2)6-10(3)14(17)8-11-4-5-13(16)12(15)7-11/h4-5,7,9-10,14,17H,6,8H2,1-3H3. The number of aliphatic hydroxyl groups excluding tert-OH is 1. The van der Waals surface area contributed by atoms with Gasteiger partial charge in [-0.25, -0.2) is 4.39 Å². The zero-order valence-electron chi connectivity index (χ0n) is 10.6. The highest BCUT2D eigenvalue weighted by Crippen LogP contribution is 2.21. The Labute approximate surface area is 108 Å². The molecule has 2 atom stereocenters. The summed E-state index contributed by atoms with van der Waals surface area (Å²) in [5.41, 5.74) is 0.875. The molecule has 0 heterocycles. The molecule has 0 fully saturated rings. The Hall–Kier alpha value is -0.600. The predicted octanol–water partition coefficient (Wildman–Crippen LogP) is 4.06. The molecule has 0 saturated heterocycles. The summed E-state index contributed by atoms with van der Waals surface area (Å²) in [6.45, 7) is 6.31. The lowest BCUT2D eigenvalue weighted by atomic mass is 9.90. The van der Waals surface area contributed by atoms with Gasteiger partial charge in [-0.15, -0.1) is 0 Å². The Morgan fingerprint density at radius 2 is 1.94 bits per heavy atom. The maximum Gasteiger partial charge on any atom is 0.141 e. The zero-order chi connectivity index (χ0) is 13.0. The van der Waals surface area contributed by atoms with Crippen LogP contribution in [0.3, 0.4) is 0 Å². The summed E-state index contributed by atoms with van der Waals surface area (Å²) in [7, 11) is 0. The summed E-state index contributed by atoms with van der Waals surface area (Å²) < 4.78 is 13.0. The van der Waals surface area contributed by atoms with E-state index in [4.69, 9.17) is 11.6 Å². The van der Waals surface area contributed by atoms with Gasteiger partial charge in [0.2, 0.25) is 0 Å². The van der Waals surface area contributed by atoms with E-state index in [0.29, 0.717) is 12.3 Å². The highest BCUT2D eigenvalue weighted by atomic mass is 35.5. The zero-order valence-corrected chi connectivity index (χ0v) is 11.3. The van der Waals surface area contributed by atoms with Gasteiger partial charge in [-0.1, -0.05) is 38.4 Å². The molecule has 0 saturated carbocycles. The van der Waals surface area contributed by atoms with Crippen LogP contribution in [0.2, 0.25) is 5.02 Å². The maximum atomic E-state index is 13.0. The fraction of sp³-hybridized carbons (Fsp3) is 0.571. The van der Waals surface area contributed by atoms with Crippen molar-refractivity contribution in [3.63, 3.8) is 0 Å². The molecule has 0 amide bonds. The number of benzene rings is 1. The van der Waals surface area contributed by atoms with Crippen LogP contribution < -0.4 is 0 Å². The average Bonchev–Trinajstić information content (AvgIpc) is 2.22. The van der Waals surface area contributed by atoms with Crippen molar-refractivity contribution >= 4 is 11.6 Å². The first-order chi connectivity index (χ1) is 7.90. The minimum atomic E-state index is -0.417. The van der Waals surface area contributed by atoms with Crippen LogP contribution in [0, 0.1) is 17.7 Å². The molecule has 2 unspecified atom stereocenters. The van der Waals surface area contributed by atoms with Gasteiger partial charge in [0, 0.05) is 0 Å². The van der Waals surface area contributed by atoms with E-state index in [1.54, 1.807) is 12.1 Å². The molecule has 0 spiro atoms. The Morgan fingerprint density at radius 3 is 2.47 bits per heavy atom. The highest BCUT2D eigenvalue weighted by molar-refractivity contribution is 6.30. The monoisotopic (exact) mass is 258 g/mol. The molecule has 0 aromatic heterocycles. The third-order valence-corrected chi connectivity index (χ3v) is 3.22. The predicted molar refractivity (Wildman–Crippen MR) is 69.7 cm³/mol. The summed E-state index contributed by atoms with van der Waals surface area (Å²) in [4.78, 5) is 0. The minimum Gasteiger partial charge on any atom is -0.393 e. The Morgan fingerprint density at radius 1 is 1.29 bits per heavy atom. The van der Waals surface area contributed by atoms with Crippen LogP contribution in [0.15, 0.2) is 18.2 Å². The van der Waals surface area contributed by atoms with E-state index in [1.165, 1.54) is 6.07 Å². The average molecular weight is 259 g/mol. The lowest BCUT2D eigenvalue weighted by Gasteiger charge is -2.20. The molecule has 0 radical (unpaired) electrons. The van der Waals surface area contributed by atoms with Gasteiger partial charge in [0.05, 0.1) is 11.1 Å². The number of hydrogen-bond donors (Lipinski definition) is 1. The first-order valence-electron chi connectivity index (χ1n) is 6.02. The van der Waals surface area contributed by atoms with Crippen LogP contribution in [-0.2, 0) is 6.42 Å². The molecule has 17 heavy (non-hydrogen) atoms. The van der Waals surface area contributed by atoms with Gasteiger partial charge < -0.3 is 5.11 Å². The molecule has 0 bridgehead atoms. The lowest BCUT2D eigenvalue weighted by molar-refractivity contribution is 0.105. The molecule has 1 aromatic rings. The first kappa shape index (κ1) is 14.5. The largest absolute Gasteiger partial charge is 0.393 e. The van der Waals surface area contributed by atoms with Crippen LogP contribution in [-0.4, -0.2) is 11.2 Å². The Kier molecular flexibility index (Phi) is 5.41. The Bertz CT molecular complexity index is 365. The van der Waals surface area contributed by atoms with Crippen LogP contribution in [0.5, 0.6) is 0 Å². The van der Waals surface area contributed by atoms with Crippen LogP contribution in [0.25, 0.3) is 0 Å². The van der Waals surface area contributed by atoms with Crippen LogP contribution >= 0.6 is 11.6 Å².